The first kappa shape index (κ1) is 16.9. The van der Waals surface area contributed by atoms with Gasteiger partial charge in [0.1, 0.15) is 0 Å². The van der Waals surface area contributed by atoms with Crippen molar-refractivity contribution < 1.29 is 18.1 Å². The highest BCUT2D eigenvalue weighted by Crippen LogP contribution is 2.20. The first-order valence-corrected chi connectivity index (χ1v) is 8.70. The Hall–Kier alpha value is -1.48. The van der Waals surface area contributed by atoms with Crippen LogP contribution in [0.4, 0.5) is 0 Å². The number of nitrogens with zero attached hydrogens (tertiary/aromatic N) is 1. The number of carbonyl (C=O) groups excluding carboxylic acids is 1. The number of hydrogen-bond donors (Lipinski definition) is 3. The Morgan fingerprint density at radius 1 is 1.27 bits per heavy atom. The summed E-state index contributed by atoms with van der Waals surface area (Å²) >= 11 is 0. The number of likely N-dealkylation sites (tertiary alicyclic amines) is 1. The summed E-state index contributed by atoms with van der Waals surface area (Å²) in [5.41, 5.74) is 2.34. The molecule has 4 N–H and O–H groups in total. The molecule has 1 heterocycles. The summed E-state index contributed by atoms with van der Waals surface area (Å²) in [4.78, 5) is 13.0. The summed E-state index contributed by atoms with van der Waals surface area (Å²) in [7, 11) is 0.199. The number of nitrogen functional groups attached to an aromatic ring is 1. The predicted octanol–water partition coefficient (Wildman–Crippen LogP) is -1.41. The molecule has 1 aromatic rings. The molecule has 1 amide bonds. The molecule has 1 saturated heterocycles. The minimum Gasteiger partial charge on any atom is -0.337 e. The smallest absolute Gasteiger partial charge is 0.265 e. The van der Waals surface area contributed by atoms with Gasteiger partial charge >= 0.3 is 0 Å². The number of hydrazine groups is 1. The molecule has 8 heteroatoms. The minimum absolute atomic E-state index is 0.0284. The van der Waals surface area contributed by atoms with E-state index in [-0.39, 0.29) is 10.9 Å². The average molecular weight is 327 g/mol. The molecule has 2 rings (SSSR count). The van der Waals surface area contributed by atoms with Crippen LogP contribution in [0.1, 0.15) is 23.2 Å². The van der Waals surface area contributed by atoms with Gasteiger partial charge in [0, 0.05) is 31.5 Å². The molecule has 22 heavy (non-hydrogen) atoms. The number of nitrogens with one attached hydrogen (secondary N) is 2. The number of quaternary nitrogens is 1. The molecule has 0 atom stereocenters. The van der Waals surface area contributed by atoms with Crippen LogP contribution in [0, 0.1) is 0 Å². The van der Waals surface area contributed by atoms with Crippen molar-refractivity contribution in [2.75, 3.05) is 27.2 Å². The first-order chi connectivity index (χ1) is 10.4. The number of benzene rings is 1. The van der Waals surface area contributed by atoms with Crippen molar-refractivity contribution in [3.63, 3.8) is 0 Å². The summed E-state index contributed by atoms with van der Waals surface area (Å²) in [5.74, 6) is 4.61. The Labute approximate surface area is 131 Å². The van der Waals surface area contributed by atoms with Gasteiger partial charge in [-0.2, -0.15) is 4.31 Å². The van der Waals surface area contributed by atoms with Gasteiger partial charge in [-0.3, -0.25) is 10.2 Å². The molecule has 1 aliphatic rings. The molecule has 0 saturated carbocycles. The summed E-state index contributed by atoms with van der Waals surface area (Å²) in [6.07, 6.45) is 1.71. The van der Waals surface area contributed by atoms with Crippen LogP contribution in [0.15, 0.2) is 29.2 Å². The molecule has 7 nitrogen and oxygen atoms in total. The van der Waals surface area contributed by atoms with Crippen LogP contribution < -0.4 is 16.2 Å². The lowest BCUT2D eigenvalue weighted by atomic mass is 10.1. The molecule has 0 aromatic heterocycles. The number of nitrogens with two attached hydrogens (primary N) is 1. The van der Waals surface area contributed by atoms with Crippen LogP contribution in [0.2, 0.25) is 0 Å². The zero-order valence-electron chi connectivity index (χ0n) is 12.9. The van der Waals surface area contributed by atoms with E-state index < -0.39 is 15.9 Å². The van der Waals surface area contributed by atoms with Crippen LogP contribution in [-0.2, 0) is 10.0 Å². The second-order valence-corrected chi connectivity index (χ2v) is 7.70. The molecule has 0 unspecified atom stereocenters. The summed E-state index contributed by atoms with van der Waals surface area (Å²) in [6, 6.07) is 5.83. The first-order valence-electron chi connectivity index (χ1n) is 7.26. The molecule has 0 radical (unpaired) electrons. The monoisotopic (exact) mass is 327 g/mol. The Kier molecular flexibility index (Phi) is 5.17. The third-order valence-electron chi connectivity index (χ3n) is 4.25. The van der Waals surface area contributed by atoms with Crippen LogP contribution in [0.25, 0.3) is 0 Å². The Bertz CT molecular complexity index is 622. The third-order valence-corrected chi connectivity index (χ3v) is 6.17. The topological polar surface area (TPSA) is 96.9 Å². The lowest BCUT2D eigenvalue weighted by Crippen LogP contribution is -3.10. The maximum Gasteiger partial charge on any atom is 0.265 e. The second kappa shape index (κ2) is 6.74. The van der Waals surface area contributed by atoms with Gasteiger partial charge in [0.25, 0.3) is 5.91 Å². The molecule has 1 aliphatic heterocycles. The van der Waals surface area contributed by atoms with E-state index in [1.54, 1.807) is 7.05 Å². The Morgan fingerprint density at radius 2 is 1.82 bits per heavy atom. The second-order valence-electron chi connectivity index (χ2n) is 5.71. The van der Waals surface area contributed by atoms with Gasteiger partial charge < -0.3 is 4.90 Å². The average Bonchev–Trinajstić information content (AvgIpc) is 2.54. The lowest BCUT2D eigenvalue weighted by molar-refractivity contribution is -0.885. The van der Waals surface area contributed by atoms with Gasteiger partial charge in [-0.05, 0) is 24.3 Å². The zero-order valence-corrected chi connectivity index (χ0v) is 13.7. The van der Waals surface area contributed by atoms with E-state index in [1.807, 2.05) is 5.43 Å². The summed E-state index contributed by atoms with van der Waals surface area (Å²) in [5, 5.41) is 0. The quantitative estimate of drug-likeness (QED) is 0.359. The fourth-order valence-electron chi connectivity index (χ4n) is 2.68. The Balaban J connectivity index is 2.17. The van der Waals surface area contributed by atoms with Crippen LogP contribution >= 0.6 is 0 Å². The van der Waals surface area contributed by atoms with Crippen LogP contribution in [-0.4, -0.2) is 51.9 Å². The molecule has 122 valence electrons. The van der Waals surface area contributed by atoms with E-state index in [2.05, 4.69) is 7.05 Å². The van der Waals surface area contributed by atoms with Crippen molar-refractivity contribution >= 4 is 15.9 Å². The standard InChI is InChI=1S/C14H22N4O3S/c1-17-9-7-12(8-10-17)18(2)22(20,21)13-5-3-11(4-6-13)14(19)16-15/h3-6,12H,7-10,15H2,1-2H3,(H,16,19)/p+1. The van der Waals surface area contributed by atoms with Crippen molar-refractivity contribution in [1.82, 2.24) is 9.73 Å². The van der Waals surface area contributed by atoms with Gasteiger partial charge in [0.05, 0.1) is 25.0 Å². The van der Waals surface area contributed by atoms with Crippen molar-refractivity contribution in [1.29, 1.82) is 0 Å². The predicted molar refractivity (Wildman–Crippen MR) is 82.7 cm³/mol. The van der Waals surface area contributed by atoms with E-state index in [1.165, 1.54) is 33.5 Å². The largest absolute Gasteiger partial charge is 0.337 e. The summed E-state index contributed by atoms with van der Waals surface area (Å²) < 4.78 is 26.8. The molecule has 1 fully saturated rings. The van der Waals surface area contributed by atoms with Crippen LogP contribution in [0.3, 0.4) is 0 Å². The Morgan fingerprint density at radius 3 is 2.32 bits per heavy atom. The summed E-state index contributed by atoms with van der Waals surface area (Å²) in [6.45, 7) is 1.94. The van der Waals surface area contributed by atoms with Crippen LogP contribution in [0.5, 0.6) is 0 Å². The normalized spacial score (nSPS) is 22.5. The SMILES string of the molecule is CN(C1CC[NH+](C)CC1)S(=O)(=O)c1ccc(C(=O)NN)cc1. The highest BCUT2D eigenvalue weighted by molar-refractivity contribution is 7.89. The van der Waals surface area contributed by atoms with Gasteiger partial charge in [0.2, 0.25) is 10.0 Å². The molecule has 0 spiro atoms. The molecule has 1 aromatic carbocycles. The van der Waals surface area contributed by atoms with Gasteiger partial charge in [0.15, 0.2) is 0 Å². The number of piperidine rings is 1. The highest BCUT2D eigenvalue weighted by Gasteiger charge is 2.31. The highest BCUT2D eigenvalue weighted by atomic mass is 32.2. The number of hydrogen-bond acceptors (Lipinski definition) is 4. The van der Waals surface area contributed by atoms with Crippen molar-refractivity contribution in [3.05, 3.63) is 29.8 Å². The third kappa shape index (κ3) is 3.46. The number of rotatable bonds is 4. The molecular formula is C14H23N4O3S+. The van der Waals surface area contributed by atoms with E-state index in [9.17, 15) is 13.2 Å². The van der Waals surface area contributed by atoms with E-state index in [0.29, 0.717) is 5.56 Å². The van der Waals surface area contributed by atoms with E-state index >= 15 is 0 Å². The molecular weight excluding hydrogens is 304 g/mol. The number of amides is 1. The molecule has 0 bridgehead atoms. The van der Waals surface area contributed by atoms with E-state index in [4.69, 9.17) is 5.84 Å². The van der Waals surface area contributed by atoms with Gasteiger partial charge in [-0.25, -0.2) is 14.3 Å². The van der Waals surface area contributed by atoms with Crippen molar-refractivity contribution in [2.24, 2.45) is 5.84 Å². The van der Waals surface area contributed by atoms with Crippen molar-refractivity contribution in [2.45, 2.75) is 23.8 Å². The minimum atomic E-state index is -3.54. The van der Waals surface area contributed by atoms with E-state index in [0.717, 1.165) is 25.9 Å². The number of sulfonamides is 1. The maximum absolute atomic E-state index is 12.7. The fourth-order valence-corrected chi connectivity index (χ4v) is 4.10. The van der Waals surface area contributed by atoms with Gasteiger partial charge in [-0.15, -0.1) is 0 Å². The number of carbonyl (C=O) groups is 1. The fraction of sp³-hybridized carbons (Fsp3) is 0.500. The van der Waals surface area contributed by atoms with Gasteiger partial charge in [-0.1, -0.05) is 0 Å². The lowest BCUT2D eigenvalue weighted by Gasteiger charge is -2.32. The zero-order chi connectivity index (χ0) is 16.3. The maximum atomic E-state index is 12.7. The molecule has 0 aliphatic carbocycles. The van der Waals surface area contributed by atoms with Crippen molar-refractivity contribution in [3.8, 4) is 0 Å².